The van der Waals surface area contributed by atoms with Crippen molar-refractivity contribution in [3.05, 3.63) is 0 Å². The number of aliphatic carboxylic acids is 1. The van der Waals surface area contributed by atoms with Gasteiger partial charge in [0.2, 0.25) is 0 Å². The number of carbonyl (C=O) groups is 2. The Balaban J connectivity index is 3.79. The van der Waals surface area contributed by atoms with Gasteiger partial charge >= 0.3 is 5.97 Å². The normalized spacial score (nSPS) is 12.5. The monoisotopic (exact) mass is 205 g/mol. The quantitative estimate of drug-likeness (QED) is 0.599. The van der Waals surface area contributed by atoms with Crippen LogP contribution in [0.4, 0.5) is 0 Å². The van der Waals surface area contributed by atoms with Crippen molar-refractivity contribution in [2.75, 3.05) is 12.3 Å². The van der Waals surface area contributed by atoms with E-state index in [9.17, 15) is 9.59 Å². The Bertz CT molecular complexity index is 184. The Morgan fingerprint density at radius 1 is 1.54 bits per heavy atom. The summed E-state index contributed by atoms with van der Waals surface area (Å²) in [7, 11) is 0. The van der Waals surface area contributed by atoms with Crippen molar-refractivity contribution in [2.24, 2.45) is 0 Å². The lowest BCUT2D eigenvalue weighted by atomic mass is 10.4. The van der Waals surface area contributed by atoms with Crippen LogP contribution in [0.2, 0.25) is 0 Å². The lowest BCUT2D eigenvalue weighted by molar-refractivity contribution is -0.137. The second kappa shape index (κ2) is 6.91. The van der Waals surface area contributed by atoms with Gasteiger partial charge in [0.25, 0.3) is 0 Å². The van der Waals surface area contributed by atoms with Crippen LogP contribution in [0.1, 0.15) is 20.3 Å². The molecule has 5 heteroatoms. The van der Waals surface area contributed by atoms with Crippen LogP contribution >= 0.6 is 11.8 Å². The third-order valence-corrected chi connectivity index (χ3v) is 2.38. The van der Waals surface area contributed by atoms with Crippen molar-refractivity contribution >= 4 is 23.5 Å². The number of thioether (sulfide) groups is 1. The maximum atomic E-state index is 10.6. The molecule has 1 unspecified atom stereocenters. The minimum absolute atomic E-state index is 0.0205. The fourth-order valence-electron chi connectivity index (χ4n) is 0.807. The summed E-state index contributed by atoms with van der Waals surface area (Å²) in [5, 5.41) is 11.3. The van der Waals surface area contributed by atoms with Gasteiger partial charge in [0, 0.05) is 0 Å². The molecule has 1 atom stereocenters. The van der Waals surface area contributed by atoms with E-state index < -0.39 is 5.97 Å². The Kier molecular flexibility index (Phi) is 6.62. The highest BCUT2D eigenvalue weighted by atomic mass is 32.2. The zero-order chi connectivity index (χ0) is 10.3. The average molecular weight is 205 g/mol. The zero-order valence-electron chi connectivity index (χ0n) is 7.87. The number of carboxylic acids is 1. The minimum atomic E-state index is -0.845. The molecule has 0 radical (unpaired) electrons. The highest BCUT2D eigenvalue weighted by Crippen LogP contribution is 2.10. The van der Waals surface area contributed by atoms with E-state index >= 15 is 0 Å². The van der Waals surface area contributed by atoms with Gasteiger partial charge in [-0.2, -0.15) is 0 Å². The van der Waals surface area contributed by atoms with Gasteiger partial charge in [0.1, 0.15) is 5.78 Å². The molecule has 76 valence electrons. The van der Waals surface area contributed by atoms with Gasteiger partial charge in [-0.15, -0.1) is 11.8 Å². The van der Waals surface area contributed by atoms with Gasteiger partial charge in [-0.05, 0) is 12.7 Å². The van der Waals surface area contributed by atoms with E-state index in [1.165, 1.54) is 18.7 Å². The number of hydrogen-bond donors (Lipinski definition) is 2. The summed E-state index contributed by atoms with van der Waals surface area (Å²) in [5.74, 6) is 0.0112. The molecule has 0 aromatic heterocycles. The van der Waals surface area contributed by atoms with Crippen LogP contribution in [0.25, 0.3) is 0 Å². The average Bonchev–Trinajstić information content (AvgIpc) is 1.99. The molecule has 13 heavy (non-hydrogen) atoms. The van der Waals surface area contributed by atoms with E-state index in [1.54, 1.807) is 0 Å². The van der Waals surface area contributed by atoms with Crippen molar-refractivity contribution in [3.8, 4) is 0 Å². The molecule has 0 aromatic rings. The van der Waals surface area contributed by atoms with E-state index in [-0.39, 0.29) is 24.1 Å². The van der Waals surface area contributed by atoms with Crippen molar-refractivity contribution in [3.63, 3.8) is 0 Å². The summed E-state index contributed by atoms with van der Waals surface area (Å²) in [6.07, 6.45) is 0.0474. The number of rotatable bonds is 7. The zero-order valence-corrected chi connectivity index (χ0v) is 8.69. The topological polar surface area (TPSA) is 66.4 Å². The van der Waals surface area contributed by atoms with Crippen LogP contribution in [0.5, 0.6) is 0 Å². The highest BCUT2D eigenvalue weighted by molar-refractivity contribution is 7.99. The van der Waals surface area contributed by atoms with Crippen molar-refractivity contribution in [2.45, 2.75) is 25.6 Å². The van der Waals surface area contributed by atoms with Crippen LogP contribution in [0.15, 0.2) is 0 Å². The first kappa shape index (κ1) is 12.4. The fraction of sp³-hybridized carbons (Fsp3) is 0.750. The predicted molar refractivity (Wildman–Crippen MR) is 52.9 cm³/mol. The Morgan fingerprint density at radius 2 is 2.15 bits per heavy atom. The summed E-state index contributed by atoms with van der Waals surface area (Å²) in [4.78, 5) is 21.0. The van der Waals surface area contributed by atoms with Crippen LogP contribution in [0.3, 0.4) is 0 Å². The number of carboxylic acid groups (broad SMARTS) is 1. The third-order valence-electron chi connectivity index (χ3n) is 1.31. The Labute approximate surface area is 82.1 Å². The molecule has 0 aliphatic carbocycles. The maximum absolute atomic E-state index is 10.6. The van der Waals surface area contributed by atoms with Gasteiger partial charge in [-0.1, -0.05) is 6.92 Å². The minimum Gasteiger partial charge on any atom is -0.481 e. The molecule has 2 N–H and O–H groups in total. The van der Waals surface area contributed by atoms with E-state index in [2.05, 4.69) is 5.32 Å². The molecule has 0 aromatic carbocycles. The van der Waals surface area contributed by atoms with Crippen LogP contribution in [-0.4, -0.2) is 34.5 Å². The van der Waals surface area contributed by atoms with Gasteiger partial charge in [0.05, 0.1) is 18.3 Å². The van der Waals surface area contributed by atoms with Crippen molar-refractivity contribution in [1.29, 1.82) is 0 Å². The molecule has 0 aliphatic heterocycles. The summed E-state index contributed by atoms with van der Waals surface area (Å²) in [5.41, 5.74) is 0. The molecular weight excluding hydrogens is 190 g/mol. The lowest BCUT2D eigenvalue weighted by Crippen LogP contribution is -2.32. The molecule has 0 amide bonds. The number of nitrogens with one attached hydrogen (secondary N) is 1. The third kappa shape index (κ3) is 7.80. The van der Waals surface area contributed by atoms with E-state index in [1.807, 2.05) is 6.92 Å². The van der Waals surface area contributed by atoms with E-state index in [4.69, 9.17) is 5.11 Å². The van der Waals surface area contributed by atoms with E-state index in [0.29, 0.717) is 0 Å². The second-order valence-electron chi connectivity index (χ2n) is 2.62. The van der Waals surface area contributed by atoms with Gasteiger partial charge in [-0.25, -0.2) is 0 Å². The van der Waals surface area contributed by atoms with Crippen LogP contribution in [-0.2, 0) is 9.59 Å². The molecule has 0 saturated carbocycles. The summed E-state index contributed by atoms with van der Waals surface area (Å²) in [6.45, 7) is 3.67. The predicted octanol–water partition coefficient (Wildman–Crippen LogP) is 0.719. The standard InChI is InChI=1S/C8H15NO3S/c1-3-13-7(4-8(11)12)9-5-6(2)10/h7,9H,3-5H2,1-2H3,(H,11,12). The molecule has 0 rings (SSSR count). The molecule has 0 aliphatic rings. The molecule has 4 nitrogen and oxygen atoms in total. The Morgan fingerprint density at radius 3 is 2.54 bits per heavy atom. The Hall–Kier alpha value is -0.550. The fourth-order valence-corrected chi connectivity index (χ4v) is 1.67. The highest BCUT2D eigenvalue weighted by Gasteiger charge is 2.12. The van der Waals surface area contributed by atoms with Gasteiger partial charge in [-0.3, -0.25) is 14.9 Å². The molecule has 0 spiro atoms. The number of Topliss-reactive ketones (excluding diaryl/α,β-unsaturated/α-hetero) is 1. The van der Waals surface area contributed by atoms with Crippen LogP contribution < -0.4 is 5.32 Å². The molecule has 0 heterocycles. The molecule has 0 bridgehead atoms. The number of carbonyl (C=O) groups excluding carboxylic acids is 1. The lowest BCUT2D eigenvalue weighted by Gasteiger charge is -2.13. The smallest absolute Gasteiger partial charge is 0.305 e. The second-order valence-corrected chi connectivity index (χ2v) is 4.10. The molecular formula is C8H15NO3S. The summed E-state index contributed by atoms with van der Waals surface area (Å²) >= 11 is 1.50. The summed E-state index contributed by atoms with van der Waals surface area (Å²) < 4.78 is 0. The van der Waals surface area contributed by atoms with E-state index in [0.717, 1.165) is 5.75 Å². The van der Waals surface area contributed by atoms with Crippen molar-refractivity contribution in [1.82, 2.24) is 5.32 Å². The number of ketones is 1. The first-order valence-corrected chi connectivity index (χ1v) is 5.17. The number of hydrogen-bond acceptors (Lipinski definition) is 4. The molecule has 0 fully saturated rings. The van der Waals surface area contributed by atoms with Gasteiger partial charge < -0.3 is 5.11 Å². The van der Waals surface area contributed by atoms with Gasteiger partial charge in [0.15, 0.2) is 0 Å². The van der Waals surface area contributed by atoms with Crippen molar-refractivity contribution < 1.29 is 14.7 Å². The molecule has 0 saturated heterocycles. The van der Waals surface area contributed by atoms with Crippen LogP contribution in [0, 0.1) is 0 Å². The first-order valence-electron chi connectivity index (χ1n) is 4.12. The largest absolute Gasteiger partial charge is 0.481 e. The first-order chi connectivity index (χ1) is 6.06. The maximum Gasteiger partial charge on any atom is 0.305 e. The SMILES string of the molecule is CCSC(CC(=O)O)NCC(C)=O. The summed E-state index contributed by atoms with van der Waals surface area (Å²) in [6, 6.07) is 0.